The third-order valence-corrected chi connectivity index (χ3v) is 5.48. The van der Waals surface area contributed by atoms with Gasteiger partial charge in [0, 0.05) is 12.1 Å². The molecule has 24 heavy (non-hydrogen) atoms. The summed E-state index contributed by atoms with van der Waals surface area (Å²) >= 11 is 0. The van der Waals surface area contributed by atoms with Crippen LogP contribution in [-0.2, 0) is 6.42 Å². The molecule has 1 nitrogen and oxygen atoms in total. The topological polar surface area (TPSA) is 12.0 Å². The van der Waals surface area contributed by atoms with Crippen molar-refractivity contribution in [1.82, 2.24) is 5.32 Å². The molecule has 4 rings (SSSR count). The quantitative estimate of drug-likeness (QED) is 0.636. The summed E-state index contributed by atoms with van der Waals surface area (Å²) in [6.45, 7) is 4.54. The molecule has 0 heterocycles. The van der Waals surface area contributed by atoms with Crippen molar-refractivity contribution in [3.63, 3.8) is 0 Å². The minimum atomic E-state index is 0.340. The zero-order chi connectivity index (χ0) is 16.5. The normalized spacial score (nSPS) is 18.3. The SMILES string of the molecule is Cc1cccc2c1CCCC2N[C@@H](C)c1cccc2ccccc12. The van der Waals surface area contributed by atoms with Crippen molar-refractivity contribution in [2.75, 3.05) is 0 Å². The average Bonchev–Trinajstić information content (AvgIpc) is 2.62. The fourth-order valence-electron chi connectivity index (χ4n) is 4.22. The number of rotatable bonds is 3. The number of fused-ring (bicyclic) bond motifs is 2. The van der Waals surface area contributed by atoms with Crippen molar-refractivity contribution < 1.29 is 0 Å². The molecular formula is C23H25N. The van der Waals surface area contributed by atoms with Gasteiger partial charge in [-0.3, -0.25) is 0 Å². The van der Waals surface area contributed by atoms with Crippen molar-refractivity contribution in [2.45, 2.75) is 45.2 Å². The molecule has 122 valence electrons. The van der Waals surface area contributed by atoms with E-state index in [2.05, 4.69) is 79.8 Å². The van der Waals surface area contributed by atoms with Crippen LogP contribution in [0.25, 0.3) is 10.8 Å². The summed E-state index contributed by atoms with van der Waals surface area (Å²) in [7, 11) is 0. The smallest absolute Gasteiger partial charge is 0.0328 e. The third-order valence-electron chi connectivity index (χ3n) is 5.48. The first kappa shape index (κ1) is 15.4. The van der Waals surface area contributed by atoms with E-state index in [9.17, 15) is 0 Å². The number of hydrogen-bond acceptors (Lipinski definition) is 1. The molecule has 1 aliphatic carbocycles. The molecule has 3 aromatic carbocycles. The van der Waals surface area contributed by atoms with Gasteiger partial charge in [-0.15, -0.1) is 0 Å². The van der Waals surface area contributed by atoms with Crippen LogP contribution in [0.4, 0.5) is 0 Å². The van der Waals surface area contributed by atoms with Gasteiger partial charge in [0.25, 0.3) is 0 Å². The highest BCUT2D eigenvalue weighted by molar-refractivity contribution is 5.86. The van der Waals surface area contributed by atoms with Gasteiger partial charge in [-0.1, -0.05) is 60.7 Å². The van der Waals surface area contributed by atoms with E-state index < -0.39 is 0 Å². The van der Waals surface area contributed by atoms with E-state index in [0.29, 0.717) is 12.1 Å². The standard InChI is InChI=1S/C23H25N/c1-16-8-5-14-22-19(16)12-7-15-23(22)24-17(2)20-13-6-10-18-9-3-4-11-21(18)20/h3-6,8-11,13-14,17,23-24H,7,12,15H2,1-2H3/t17-,23?/m0/s1. The molecule has 0 aromatic heterocycles. The Labute approximate surface area is 144 Å². The summed E-state index contributed by atoms with van der Waals surface area (Å²) in [6.07, 6.45) is 3.73. The highest BCUT2D eigenvalue weighted by Crippen LogP contribution is 2.34. The molecule has 0 fully saturated rings. The molecule has 1 unspecified atom stereocenters. The Kier molecular flexibility index (Phi) is 4.12. The number of nitrogens with one attached hydrogen (secondary N) is 1. The summed E-state index contributed by atoms with van der Waals surface area (Å²) in [6, 6.07) is 22.9. The van der Waals surface area contributed by atoms with Gasteiger partial charge >= 0.3 is 0 Å². The van der Waals surface area contributed by atoms with E-state index in [4.69, 9.17) is 0 Å². The maximum atomic E-state index is 3.91. The van der Waals surface area contributed by atoms with E-state index in [0.717, 1.165) is 0 Å². The van der Waals surface area contributed by atoms with Gasteiger partial charge in [0.15, 0.2) is 0 Å². The zero-order valence-corrected chi connectivity index (χ0v) is 14.5. The van der Waals surface area contributed by atoms with Gasteiger partial charge in [-0.2, -0.15) is 0 Å². The Morgan fingerprint density at radius 3 is 2.67 bits per heavy atom. The van der Waals surface area contributed by atoms with E-state index >= 15 is 0 Å². The van der Waals surface area contributed by atoms with Gasteiger partial charge in [-0.25, -0.2) is 0 Å². The van der Waals surface area contributed by atoms with Crippen LogP contribution in [0.3, 0.4) is 0 Å². The third kappa shape index (κ3) is 2.74. The molecule has 0 radical (unpaired) electrons. The van der Waals surface area contributed by atoms with Gasteiger partial charge in [0.2, 0.25) is 0 Å². The summed E-state index contributed by atoms with van der Waals surface area (Å²) < 4.78 is 0. The van der Waals surface area contributed by atoms with Crippen LogP contribution in [0.15, 0.2) is 60.7 Å². The van der Waals surface area contributed by atoms with Crippen LogP contribution < -0.4 is 5.32 Å². The minimum absolute atomic E-state index is 0.340. The summed E-state index contributed by atoms with van der Waals surface area (Å²) in [5.74, 6) is 0. The van der Waals surface area contributed by atoms with Crippen molar-refractivity contribution in [3.05, 3.63) is 82.9 Å². The molecule has 0 aliphatic heterocycles. The first-order valence-electron chi connectivity index (χ1n) is 9.06. The van der Waals surface area contributed by atoms with E-state index in [1.807, 2.05) is 0 Å². The molecule has 0 spiro atoms. The van der Waals surface area contributed by atoms with Crippen molar-refractivity contribution in [2.24, 2.45) is 0 Å². The predicted octanol–water partition coefficient (Wildman–Crippen LogP) is 5.88. The molecule has 0 bridgehead atoms. The predicted molar refractivity (Wildman–Crippen MR) is 102 cm³/mol. The number of aryl methyl sites for hydroxylation is 1. The van der Waals surface area contributed by atoms with Crippen molar-refractivity contribution >= 4 is 10.8 Å². The highest BCUT2D eigenvalue weighted by Gasteiger charge is 2.23. The van der Waals surface area contributed by atoms with Crippen LogP contribution in [0.5, 0.6) is 0 Å². The molecule has 0 amide bonds. The summed E-state index contributed by atoms with van der Waals surface area (Å²) in [5, 5.41) is 6.59. The lowest BCUT2D eigenvalue weighted by Crippen LogP contribution is -2.28. The second-order valence-electron chi connectivity index (χ2n) is 7.04. The second kappa shape index (κ2) is 6.41. The van der Waals surface area contributed by atoms with Gasteiger partial charge < -0.3 is 5.32 Å². The number of hydrogen-bond donors (Lipinski definition) is 1. The molecule has 1 aliphatic rings. The Morgan fingerprint density at radius 2 is 1.75 bits per heavy atom. The van der Waals surface area contributed by atoms with Crippen LogP contribution in [-0.4, -0.2) is 0 Å². The monoisotopic (exact) mass is 315 g/mol. The fraction of sp³-hybridized carbons (Fsp3) is 0.304. The zero-order valence-electron chi connectivity index (χ0n) is 14.5. The van der Waals surface area contributed by atoms with Crippen LogP contribution >= 0.6 is 0 Å². The van der Waals surface area contributed by atoms with Crippen molar-refractivity contribution in [1.29, 1.82) is 0 Å². The molecular weight excluding hydrogens is 290 g/mol. The highest BCUT2D eigenvalue weighted by atomic mass is 14.9. The fourth-order valence-corrected chi connectivity index (χ4v) is 4.22. The first-order chi connectivity index (χ1) is 11.7. The van der Waals surface area contributed by atoms with Crippen LogP contribution in [0, 0.1) is 6.92 Å². The summed E-state index contributed by atoms with van der Waals surface area (Å²) in [4.78, 5) is 0. The largest absolute Gasteiger partial charge is 0.303 e. The Morgan fingerprint density at radius 1 is 0.958 bits per heavy atom. The van der Waals surface area contributed by atoms with Crippen LogP contribution in [0.1, 0.15) is 54.1 Å². The maximum absolute atomic E-state index is 3.91. The van der Waals surface area contributed by atoms with Gasteiger partial charge in [0.1, 0.15) is 0 Å². The van der Waals surface area contributed by atoms with Crippen LogP contribution in [0.2, 0.25) is 0 Å². The number of benzene rings is 3. The molecule has 2 atom stereocenters. The molecule has 0 saturated carbocycles. The lowest BCUT2D eigenvalue weighted by molar-refractivity contribution is 0.416. The maximum Gasteiger partial charge on any atom is 0.0328 e. The second-order valence-corrected chi connectivity index (χ2v) is 7.04. The lowest BCUT2D eigenvalue weighted by atomic mass is 9.84. The molecule has 1 N–H and O–H groups in total. The molecule has 1 heteroatoms. The molecule has 3 aromatic rings. The van der Waals surface area contributed by atoms with E-state index in [1.165, 1.54) is 46.7 Å². The van der Waals surface area contributed by atoms with Gasteiger partial charge in [-0.05, 0) is 66.1 Å². The molecule has 0 saturated heterocycles. The van der Waals surface area contributed by atoms with E-state index in [-0.39, 0.29) is 0 Å². The minimum Gasteiger partial charge on any atom is -0.303 e. The van der Waals surface area contributed by atoms with E-state index in [1.54, 1.807) is 5.56 Å². The lowest BCUT2D eigenvalue weighted by Gasteiger charge is -2.30. The average molecular weight is 315 g/mol. The Bertz CT molecular complexity index is 860. The Balaban J connectivity index is 1.66. The first-order valence-corrected chi connectivity index (χ1v) is 9.06. The van der Waals surface area contributed by atoms with Crippen molar-refractivity contribution in [3.8, 4) is 0 Å². The van der Waals surface area contributed by atoms with Gasteiger partial charge in [0.05, 0.1) is 0 Å². The summed E-state index contributed by atoms with van der Waals surface area (Å²) in [5.41, 5.74) is 5.91. The Hall–Kier alpha value is -2.12.